The maximum Gasteiger partial charge on any atom is 0.410 e. The van der Waals surface area contributed by atoms with Gasteiger partial charge in [-0.2, -0.15) is 0 Å². The SMILES string of the molecule is CC[C@H](C)[C@H](NC(=O)[C@H]1CCCCN1C(=O)OCc1ccc(NC(=O)[C@H](C)NC(=O)[C@@H](NC(=O)CCCCCN2C(=O)C=CC2=O)C(C)C)cc1)C(=O)N(C)[C@H](C[C@@H](OC(C)=O)c1nc(C(=O)N[C@@H](Cc2ccccc2)C[C@H](C)C(=O)O)cs1)C(C)C. The van der Waals surface area contributed by atoms with E-state index in [-0.39, 0.29) is 80.1 Å². The minimum atomic E-state index is -1.01. The van der Waals surface area contributed by atoms with Crippen LogP contribution in [0.4, 0.5) is 10.5 Å². The molecule has 3 aromatic rings. The molecule has 1 saturated heterocycles. The van der Waals surface area contributed by atoms with E-state index in [4.69, 9.17) is 9.47 Å². The van der Waals surface area contributed by atoms with Gasteiger partial charge in [0.15, 0.2) is 6.10 Å². The number of piperidine rings is 1. The van der Waals surface area contributed by atoms with Crippen molar-refractivity contribution in [2.24, 2.45) is 23.7 Å². The van der Waals surface area contributed by atoms with Gasteiger partial charge in [-0.05, 0) is 92.9 Å². The highest BCUT2D eigenvalue weighted by Gasteiger charge is 2.40. The molecule has 9 atom stereocenters. The van der Waals surface area contributed by atoms with Crippen LogP contribution in [0, 0.1) is 23.7 Å². The van der Waals surface area contributed by atoms with E-state index in [9.17, 15) is 57.8 Å². The number of anilines is 1. The van der Waals surface area contributed by atoms with Gasteiger partial charge in [-0.25, -0.2) is 9.78 Å². The number of thiazole rings is 1. The number of hydrogen-bond donors (Lipinski definition) is 6. The number of aromatic nitrogens is 1. The number of ether oxygens (including phenoxy) is 2. The summed E-state index contributed by atoms with van der Waals surface area (Å²) in [6.07, 6.45) is 5.29. The van der Waals surface area contributed by atoms with E-state index in [1.807, 2.05) is 58.0 Å². The molecule has 2 aromatic carbocycles. The summed E-state index contributed by atoms with van der Waals surface area (Å²) in [6, 6.07) is 11.0. The van der Waals surface area contributed by atoms with Crippen molar-refractivity contribution in [2.75, 3.05) is 25.5 Å². The number of carbonyl (C=O) groups is 11. The Hall–Kier alpha value is -8.02. The van der Waals surface area contributed by atoms with Crippen molar-refractivity contribution in [2.45, 2.75) is 182 Å². The van der Waals surface area contributed by atoms with E-state index < -0.39 is 95.8 Å². The fourth-order valence-electron chi connectivity index (χ4n) is 10.3. The predicted octanol–water partition coefficient (Wildman–Crippen LogP) is 6.86. The molecule has 1 aromatic heterocycles. The van der Waals surface area contributed by atoms with Gasteiger partial charge in [0.05, 0.1) is 5.92 Å². The molecule has 2 aliphatic heterocycles. The van der Waals surface area contributed by atoms with Crippen LogP contribution in [0.5, 0.6) is 0 Å². The second kappa shape index (κ2) is 33.8. The number of unbranched alkanes of at least 4 members (excludes halogenated alkanes) is 2. The third-order valence-corrected chi connectivity index (χ3v) is 16.7. The molecule has 24 heteroatoms. The average molecular weight is 1230 g/mol. The molecule has 474 valence electrons. The summed E-state index contributed by atoms with van der Waals surface area (Å²) >= 11 is 1.12. The third-order valence-electron chi connectivity index (χ3n) is 15.7. The zero-order chi connectivity index (χ0) is 64.1. The Labute approximate surface area is 513 Å². The average Bonchev–Trinajstić information content (AvgIpc) is 4.25. The molecule has 87 heavy (non-hydrogen) atoms. The highest BCUT2D eigenvalue weighted by Crippen LogP contribution is 2.32. The number of hydrogen-bond acceptors (Lipinski definition) is 15. The number of carboxylic acid groups (broad SMARTS) is 1. The van der Waals surface area contributed by atoms with Crippen LogP contribution < -0.4 is 26.6 Å². The van der Waals surface area contributed by atoms with E-state index in [1.54, 1.807) is 62.4 Å². The van der Waals surface area contributed by atoms with E-state index in [1.165, 1.54) is 30.9 Å². The molecule has 1 fully saturated rings. The van der Waals surface area contributed by atoms with Crippen LogP contribution in [0.2, 0.25) is 0 Å². The summed E-state index contributed by atoms with van der Waals surface area (Å²) in [4.78, 5) is 152. The summed E-state index contributed by atoms with van der Waals surface area (Å²) in [6.45, 7) is 15.8. The van der Waals surface area contributed by atoms with Gasteiger partial charge in [-0.15, -0.1) is 11.3 Å². The first kappa shape index (κ1) is 69.7. The first-order valence-corrected chi connectivity index (χ1v) is 30.9. The first-order chi connectivity index (χ1) is 41.3. The van der Waals surface area contributed by atoms with Gasteiger partial charge in [0, 0.05) is 75.2 Å². The van der Waals surface area contributed by atoms with E-state index in [0.29, 0.717) is 67.6 Å². The maximum atomic E-state index is 14.7. The Morgan fingerprint density at radius 2 is 1.46 bits per heavy atom. The van der Waals surface area contributed by atoms with Crippen LogP contribution in [-0.2, 0) is 65.7 Å². The van der Waals surface area contributed by atoms with Crippen LogP contribution in [0.3, 0.4) is 0 Å². The lowest BCUT2D eigenvalue weighted by atomic mass is 9.92. The van der Waals surface area contributed by atoms with Crippen LogP contribution in [0.15, 0.2) is 72.1 Å². The smallest absolute Gasteiger partial charge is 0.410 e. The molecule has 9 amide bonds. The zero-order valence-electron chi connectivity index (χ0n) is 51.6. The largest absolute Gasteiger partial charge is 0.481 e. The Balaban J connectivity index is 1.15. The van der Waals surface area contributed by atoms with Crippen molar-refractivity contribution >= 4 is 82.3 Å². The van der Waals surface area contributed by atoms with Crippen LogP contribution >= 0.6 is 11.3 Å². The van der Waals surface area contributed by atoms with Gasteiger partial charge in [0.1, 0.15) is 41.5 Å². The number of imide groups is 1. The van der Waals surface area contributed by atoms with Crippen LogP contribution in [-0.4, -0.2) is 146 Å². The monoisotopic (exact) mass is 1230 g/mol. The number of nitrogens with zero attached hydrogens (tertiary/aromatic N) is 4. The number of amides is 9. The van der Waals surface area contributed by atoms with Crippen molar-refractivity contribution in [3.05, 3.63) is 94.0 Å². The molecule has 5 rings (SSSR count). The van der Waals surface area contributed by atoms with E-state index in [2.05, 4.69) is 31.6 Å². The van der Waals surface area contributed by atoms with Gasteiger partial charge >= 0.3 is 18.0 Å². The number of likely N-dealkylation sites (N-methyl/N-ethyl adjacent to an activating group) is 1. The lowest BCUT2D eigenvalue weighted by molar-refractivity contribution is -0.149. The summed E-state index contributed by atoms with van der Waals surface area (Å²) in [5.41, 5.74) is 1.96. The Bertz CT molecular complexity index is 2900. The number of benzene rings is 2. The molecule has 3 heterocycles. The van der Waals surface area contributed by atoms with Crippen LogP contribution in [0.1, 0.15) is 159 Å². The van der Waals surface area contributed by atoms with Gasteiger partial charge in [0.25, 0.3) is 17.7 Å². The fourth-order valence-corrected chi connectivity index (χ4v) is 11.2. The van der Waals surface area contributed by atoms with Crippen molar-refractivity contribution < 1.29 is 67.3 Å². The topological polar surface area (TPSA) is 309 Å². The molecular weight excluding hydrogens is 1140 g/mol. The van der Waals surface area contributed by atoms with Gasteiger partial charge < -0.3 is 46.1 Å². The van der Waals surface area contributed by atoms with Crippen molar-refractivity contribution in [1.29, 1.82) is 0 Å². The molecule has 2 aliphatic rings. The van der Waals surface area contributed by atoms with Gasteiger partial charge in [-0.1, -0.05) is 104 Å². The van der Waals surface area contributed by atoms with Crippen molar-refractivity contribution in [3.8, 4) is 0 Å². The molecule has 0 aliphatic carbocycles. The quantitative estimate of drug-likeness (QED) is 0.0211. The molecule has 6 N–H and O–H groups in total. The van der Waals surface area contributed by atoms with Crippen molar-refractivity contribution in [1.82, 2.24) is 41.0 Å². The Kier molecular flexibility index (Phi) is 27.1. The number of aliphatic carboxylic acids is 1. The lowest BCUT2D eigenvalue weighted by Gasteiger charge is -2.38. The second-order valence-electron chi connectivity index (χ2n) is 23.3. The number of carboxylic acids is 1. The van der Waals surface area contributed by atoms with E-state index >= 15 is 0 Å². The number of esters is 1. The minimum Gasteiger partial charge on any atom is -0.481 e. The van der Waals surface area contributed by atoms with Crippen LogP contribution in [0.25, 0.3) is 0 Å². The normalized spacial score (nSPS) is 16.8. The highest BCUT2D eigenvalue weighted by atomic mass is 32.1. The molecule has 23 nitrogen and oxygen atoms in total. The molecular formula is C63H87N9O14S. The maximum absolute atomic E-state index is 14.7. The van der Waals surface area contributed by atoms with Crippen molar-refractivity contribution in [3.63, 3.8) is 0 Å². The molecule has 0 spiro atoms. The number of carbonyl (C=O) groups excluding carboxylic acids is 10. The van der Waals surface area contributed by atoms with Gasteiger partial charge in [0.2, 0.25) is 29.5 Å². The summed E-state index contributed by atoms with van der Waals surface area (Å²) in [7, 11) is 1.63. The third kappa shape index (κ3) is 21.1. The Morgan fingerprint density at radius 1 is 0.782 bits per heavy atom. The fraction of sp³-hybridized carbons (Fsp3) is 0.556. The molecule has 0 saturated carbocycles. The summed E-state index contributed by atoms with van der Waals surface area (Å²) in [5.74, 6) is -6.69. The highest BCUT2D eigenvalue weighted by molar-refractivity contribution is 7.09. The standard InChI is InChI=1S/C63H87N9O14S/c1-11-39(6)55(61(81)70(10)49(37(2)3)34-50(86-42(9)73)60-67-47(36-87-60)57(78)66-46(32-40(7)62(82)83)33-43-20-14-12-15-21-43)69-58(79)48-22-17-19-30-71(48)63(84)85-35-44-24-26-45(27-25-44)65-56(77)41(8)64-59(80)54(38(4)5)68-51(74)23-16-13-18-31-72-52(75)28-29-53(72)76/h12,14-15,20-21,24-29,36-41,46,48-50,54-55H,11,13,16-19,22-23,30-35H2,1-10H3,(H,64,80)(H,65,77)(H,66,78)(H,68,74)(H,69,79)(H,82,83)/t39-,40-,41-,46+,48+,49+,50+,54-,55-/m0/s1. The first-order valence-electron chi connectivity index (χ1n) is 30.0. The predicted molar refractivity (Wildman–Crippen MR) is 325 cm³/mol. The Morgan fingerprint density at radius 3 is 2.08 bits per heavy atom. The molecule has 0 radical (unpaired) electrons. The minimum absolute atomic E-state index is 0.0603. The number of likely N-dealkylation sites (tertiary alicyclic amines) is 1. The summed E-state index contributed by atoms with van der Waals surface area (Å²) < 4.78 is 11.6. The lowest BCUT2D eigenvalue weighted by Crippen LogP contribution is -2.59. The molecule has 0 bridgehead atoms. The zero-order valence-corrected chi connectivity index (χ0v) is 52.4. The summed E-state index contributed by atoms with van der Waals surface area (Å²) in [5, 5.41) is 25.6. The molecule has 0 unspecified atom stereocenters. The number of nitrogens with one attached hydrogen (secondary N) is 5. The van der Waals surface area contributed by atoms with E-state index in [0.717, 1.165) is 21.8 Å². The second-order valence-corrected chi connectivity index (χ2v) is 24.2. The van der Waals surface area contributed by atoms with Gasteiger partial charge in [-0.3, -0.25) is 57.7 Å². The number of rotatable bonds is 32.